The van der Waals surface area contributed by atoms with E-state index in [1.807, 2.05) is 0 Å². The fourth-order valence-corrected chi connectivity index (χ4v) is 1.24. The minimum absolute atomic E-state index is 0.0531. The van der Waals surface area contributed by atoms with Crippen LogP contribution in [0.5, 0.6) is 0 Å². The topological polar surface area (TPSA) is 20.2 Å². The standard InChI is InChI=1S/C10H10F4O/c1-6-2-3-7(9(15)5-11)4-8(6)10(12,13)14/h2-4,9,15H,5H2,1H3. The number of alkyl halides is 4. The highest BCUT2D eigenvalue weighted by Crippen LogP contribution is 2.33. The largest absolute Gasteiger partial charge is 0.416 e. The number of halogens is 4. The molecule has 1 unspecified atom stereocenters. The van der Waals surface area contributed by atoms with Crippen molar-refractivity contribution in [1.29, 1.82) is 0 Å². The molecule has 15 heavy (non-hydrogen) atoms. The second-order valence-electron chi connectivity index (χ2n) is 3.24. The van der Waals surface area contributed by atoms with Crippen LogP contribution in [0, 0.1) is 6.92 Å². The number of hydrogen-bond donors (Lipinski definition) is 1. The van der Waals surface area contributed by atoms with Crippen molar-refractivity contribution in [2.45, 2.75) is 19.2 Å². The summed E-state index contributed by atoms with van der Waals surface area (Å²) in [4.78, 5) is 0. The van der Waals surface area contributed by atoms with Gasteiger partial charge in [-0.15, -0.1) is 0 Å². The Balaban J connectivity index is 3.17. The van der Waals surface area contributed by atoms with Crippen LogP contribution in [0.2, 0.25) is 0 Å². The molecule has 0 saturated carbocycles. The number of aliphatic hydroxyl groups is 1. The first-order valence-electron chi connectivity index (χ1n) is 4.28. The van der Waals surface area contributed by atoms with Crippen molar-refractivity contribution in [2.75, 3.05) is 6.67 Å². The highest BCUT2D eigenvalue weighted by molar-refractivity contribution is 5.34. The molecule has 0 aromatic heterocycles. The Morgan fingerprint density at radius 2 is 1.93 bits per heavy atom. The van der Waals surface area contributed by atoms with Crippen LogP contribution in [0.3, 0.4) is 0 Å². The van der Waals surface area contributed by atoms with Gasteiger partial charge in [-0.3, -0.25) is 0 Å². The van der Waals surface area contributed by atoms with Gasteiger partial charge >= 0.3 is 6.18 Å². The molecule has 0 fully saturated rings. The third kappa shape index (κ3) is 2.68. The molecule has 0 heterocycles. The third-order valence-corrected chi connectivity index (χ3v) is 2.10. The zero-order chi connectivity index (χ0) is 11.6. The van der Waals surface area contributed by atoms with Crippen molar-refractivity contribution in [3.63, 3.8) is 0 Å². The summed E-state index contributed by atoms with van der Waals surface area (Å²) in [5.74, 6) is 0. The molecule has 1 aromatic carbocycles. The van der Waals surface area contributed by atoms with Gasteiger partial charge < -0.3 is 5.11 Å². The first-order valence-corrected chi connectivity index (χ1v) is 4.28. The van der Waals surface area contributed by atoms with Gasteiger partial charge in [0, 0.05) is 0 Å². The monoisotopic (exact) mass is 222 g/mol. The maximum Gasteiger partial charge on any atom is 0.416 e. The van der Waals surface area contributed by atoms with E-state index in [0.717, 1.165) is 6.07 Å². The van der Waals surface area contributed by atoms with Gasteiger partial charge in [-0.05, 0) is 24.1 Å². The Labute approximate surface area is 84.3 Å². The summed E-state index contributed by atoms with van der Waals surface area (Å²) < 4.78 is 49.3. The normalized spacial score (nSPS) is 14.0. The van der Waals surface area contributed by atoms with Crippen molar-refractivity contribution < 1.29 is 22.7 Å². The van der Waals surface area contributed by atoms with Crippen LogP contribution < -0.4 is 0 Å². The van der Waals surface area contributed by atoms with Crippen molar-refractivity contribution in [1.82, 2.24) is 0 Å². The predicted octanol–water partition coefficient (Wildman–Crippen LogP) is 3.02. The highest BCUT2D eigenvalue weighted by Gasteiger charge is 2.32. The summed E-state index contributed by atoms with van der Waals surface area (Å²) >= 11 is 0. The molecule has 84 valence electrons. The summed E-state index contributed by atoms with van der Waals surface area (Å²) in [7, 11) is 0. The Hall–Kier alpha value is -1.10. The maximum absolute atomic E-state index is 12.4. The highest BCUT2D eigenvalue weighted by atomic mass is 19.4. The molecule has 1 N–H and O–H groups in total. The predicted molar refractivity (Wildman–Crippen MR) is 47.1 cm³/mol. The van der Waals surface area contributed by atoms with Gasteiger partial charge in [-0.1, -0.05) is 12.1 Å². The maximum atomic E-state index is 12.4. The first kappa shape index (κ1) is 12.0. The second kappa shape index (κ2) is 4.18. The molecule has 1 aromatic rings. The lowest BCUT2D eigenvalue weighted by Crippen LogP contribution is -2.09. The Morgan fingerprint density at radius 3 is 2.40 bits per heavy atom. The molecule has 1 rings (SSSR count). The molecular formula is C10H10F4O. The van der Waals surface area contributed by atoms with Gasteiger partial charge in [0.15, 0.2) is 0 Å². The molecule has 0 saturated heterocycles. The van der Waals surface area contributed by atoms with Crippen LogP contribution in [-0.2, 0) is 6.18 Å². The van der Waals surface area contributed by atoms with E-state index in [1.165, 1.54) is 19.1 Å². The lowest BCUT2D eigenvalue weighted by atomic mass is 10.0. The number of rotatable bonds is 2. The second-order valence-corrected chi connectivity index (χ2v) is 3.24. The van der Waals surface area contributed by atoms with E-state index in [0.29, 0.717) is 0 Å². The van der Waals surface area contributed by atoms with E-state index >= 15 is 0 Å². The van der Waals surface area contributed by atoms with Crippen LogP contribution in [0.1, 0.15) is 22.8 Å². The van der Waals surface area contributed by atoms with Crippen molar-refractivity contribution >= 4 is 0 Å². The lowest BCUT2D eigenvalue weighted by Gasteiger charge is -2.13. The molecule has 1 nitrogen and oxygen atoms in total. The average Bonchev–Trinajstić information content (AvgIpc) is 2.15. The van der Waals surface area contributed by atoms with Crippen LogP contribution in [0.4, 0.5) is 17.6 Å². The van der Waals surface area contributed by atoms with E-state index in [9.17, 15) is 17.6 Å². The van der Waals surface area contributed by atoms with Crippen molar-refractivity contribution in [2.24, 2.45) is 0 Å². The van der Waals surface area contributed by atoms with Gasteiger partial charge in [0.1, 0.15) is 12.8 Å². The van der Waals surface area contributed by atoms with E-state index in [4.69, 9.17) is 5.11 Å². The van der Waals surface area contributed by atoms with Crippen molar-refractivity contribution in [3.05, 3.63) is 34.9 Å². The first-order chi connectivity index (χ1) is 6.86. The minimum Gasteiger partial charge on any atom is -0.386 e. The Bertz CT molecular complexity index is 346. The summed E-state index contributed by atoms with van der Waals surface area (Å²) in [5, 5.41) is 9.07. The van der Waals surface area contributed by atoms with E-state index in [1.54, 1.807) is 0 Å². The summed E-state index contributed by atoms with van der Waals surface area (Å²) in [6, 6.07) is 3.28. The Kier molecular flexibility index (Phi) is 3.34. The summed E-state index contributed by atoms with van der Waals surface area (Å²) in [6.07, 6.45) is -5.97. The smallest absolute Gasteiger partial charge is 0.386 e. The number of benzene rings is 1. The summed E-state index contributed by atoms with van der Waals surface area (Å²) in [6.45, 7) is 0.217. The molecule has 5 heteroatoms. The average molecular weight is 222 g/mol. The van der Waals surface area contributed by atoms with Crippen LogP contribution in [0.25, 0.3) is 0 Å². The molecule has 0 spiro atoms. The molecular weight excluding hydrogens is 212 g/mol. The van der Waals surface area contributed by atoms with Gasteiger partial charge in [0.25, 0.3) is 0 Å². The molecule has 0 aliphatic heterocycles. The minimum atomic E-state index is -4.48. The molecule has 0 aliphatic carbocycles. The van der Waals surface area contributed by atoms with E-state index < -0.39 is 24.5 Å². The molecule has 0 bridgehead atoms. The molecule has 0 aliphatic rings. The van der Waals surface area contributed by atoms with Gasteiger partial charge in [0.05, 0.1) is 5.56 Å². The fraction of sp³-hybridized carbons (Fsp3) is 0.400. The molecule has 0 radical (unpaired) electrons. The van der Waals surface area contributed by atoms with E-state index in [-0.39, 0.29) is 11.1 Å². The summed E-state index contributed by atoms with van der Waals surface area (Å²) in [5.41, 5.74) is -0.847. The fourth-order valence-electron chi connectivity index (χ4n) is 1.24. The van der Waals surface area contributed by atoms with E-state index in [2.05, 4.69) is 0 Å². The number of aryl methyl sites for hydroxylation is 1. The SMILES string of the molecule is Cc1ccc(C(O)CF)cc1C(F)(F)F. The zero-order valence-corrected chi connectivity index (χ0v) is 7.98. The van der Waals surface area contributed by atoms with Crippen LogP contribution >= 0.6 is 0 Å². The lowest BCUT2D eigenvalue weighted by molar-refractivity contribution is -0.138. The molecule has 0 amide bonds. The number of aliphatic hydroxyl groups excluding tert-OH is 1. The van der Waals surface area contributed by atoms with Crippen LogP contribution in [-0.4, -0.2) is 11.8 Å². The Morgan fingerprint density at radius 1 is 1.33 bits per heavy atom. The van der Waals surface area contributed by atoms with Crippen molar-refractivity contribution in [3.8, 4) is 0 Å². The van der Waals surface area contributed by atoms with Gasteiger partial charge in [-0.2, -0.15) is 13.2 Å². The quantitative estimate of drug-likeness (QED) is 0.762. The zero-order valence-electron chi connectivity index (χ0n) is 7.98. The van der Waals surface area contributed by atoms with Gasteiger partial charge in [0.2, 0.25) is 0 Å². The number of hydrogen-bond acceptors (Lipinski definition) is 1. The van der Waals surface area contributed by atoms with Gasteiger partial charge in [-0.25, -0.2) is 4.39 Å². The third-order valence-electron chi connectivity index (χ3n) is 2.10. The van der Waals surface area contributed by atoms with Crippen LogP contribution in [0.15, 0.2) is 18.2 Å². The molecule has 1 atom stereocenters.